The average Bonchev–Trinajstić information content (AvgIpc) is 2.51. The maximum absolute atomic E-state index is 14.0. The van der Waals surface area contributed by atoms with Crippen molar-refractivity contribution in [1.29, 1.82) is 0 Å². The monoisotopic (exact) mass is 300 g/mol. The Balaban J connectivity index is 1.97. The van der Waals surface area contributed by atoms with Crippen LogP contribution in [-0.2, 0) is 6.42 Å². The fourth-order valence-electron chi connectivity index (χ4n) is 2.49. The van der Waals surface area contributed by atoms with Crippen molar-refractivity contribution in [2.24, 2.45) is 5.73 Å². The summed E-state index contributed by atoms with van der Waals surface area (Å²) in [5, 5.41) is 1.12. The Morgan fingerprint density at radius 3 is 2.76 bits per heavy atom. The van der Waals surface area contributed by atoms with Crippen LogP contribution in [-0.4, -0.2) is 4.98 Å². The molecule has 4 heteroatoms. The van der Waals surface area contributed by atoms with Crippen molar-refractivity contribution in [2.75, 3.05) is 0 Å². The molecule has 1 heterocycles. The number of benzene rings is 2. The second kappa shape index (κ2) is 5.80. The maximum Gasteiger partial charge on any atom is 0.145 e. The molecule has 0 radical (unpaired) electrons. The van der Waals surface area contributed by atoms with E-state index in [2.05, 4.69) is 4.98 Å². The van der Waals surface area contributed by atoms with Gasteiger partial charge in [0.25, 0.3) is 0 Å². The molecule has 3 rings (SSSR count). The minimum absolute atomic E-state index is 0.124. The molecular formula is C17H14ClFN2. The van der Waals surface area contributed by atoms with Gasteiger partial charge in [0.1, 0.15) is 5.82 Å². The van der Waals surface area contributed by atoms with Crippen LogP contribution in [0.2, 0.25) is 5.02 Å². The van der Waals surface area contributed by atoms with Crippen molar-refractivity contribution in [3.63, 3.8) is 0 Å². The van der Waals surface area contributed by atoms with Crippen LogP contribution >= 0.6 is 11.6 Å². The molecule has 0 saturated heterocycles. The molecule has 2 N–H and O–H groups in total. The van der Waals surface area contributed by atoms with Crippen molar-refractivity contribution in [3.8, 4) is 0 Å². The Morgan fingerprint density at radius 1 is 1.10 bits per heavy atom. The maximum atomic E-state index is 14.0. The molecule has 21 heavy (non-hydrogen) atoms. The molecule has 2 aromatic carbocycles. The van der Waals surface area contributed by atoms with Crippen LogP contribution in [0.1, 0.15) is 17.2 Å². The van der Waals surface area contributed by atoms with E-state index in [0.29, 0.717) is 12.0 Å². The summed E-state index contributed by atoms with van der Waals surface area (Å²) in [5.74, 6) is -0.395. The standard InChI is InChI=1S/C17H14ClFN2/c18-14-6-3-4-11(17(14)19)10-15(20)12-8-9-21-16-7-2-1-5-13(12)16/h1-9,15H,10,20H2. The molecule has 0 aliphatic rings. The molecule has 1 atom stereocenters. The third kappa shape index (κ3) is 2.75. The van der Waals surface area contributed by atoms with Gasteiger partial charge in [-0.05, 0) is 35.7 Å². The Kier molecular flexibility index (Phi) is 3.86. The van der Waals surface area contributed by atoms with E-state index < -0.39 is 5.82 Å². The first-order chi connectivity index (χ1) is 10.2. The van der Waals surface area contributed by atoms with Crippen molar-refractivity contribution < 1.29 is 4.39 Å². The molecule has 0 spiro atoms. The van der Waals surface area contributed by atoms with Gasteiger partial charge >= 0.3 is 0 Å². The number of hydrogen-bond donors (Lipinski definition) is 1. The highest BCUT2D eigenvalue weighted by atomic mass is 35.5. The fraction of sp³-hybridized carbons (Fsp3) is 0.118. The van der Waals surface area contributed by atoms with Crippen LogP contribution in [0.25, 0.3) is 10.9 Å². The summed E-state index contributed by atoms with van der Waals surface area (Å²) in [6, 6.07) is 14.3. The van der Waals surface area contributed by atoms with Gasteiger partial charge in [0.05, 0.1) is 10.5 Å². The Bertz CT molecular complexity index is 783. The third-order valence-electron chi connectivity index (χ3n) is 3.55. The molecular weight excluding hydrogens is 287 g/mol. The van der Waals surface area contributed by atoms with Gasteiger partial charge in [-0.15, -0.1) is 0 Å². The lowest BCUT2D eigenvalue weighted by Gasteiger charge is -2.15. The van der Waals surface area contributed by atoms with Crippen LogP contribution in [0.4, 0.5) is 4.39 Å². The molecule has 0 amide bonds. The summed E-state index contributed by atoms with van der Waals surface area (Å²) >= 11 is 5.81. The molecule has 0 fully saturated rings. The van der Waals surface area contributed by atoms with Gasteiger partial charge in [-0.1, -0.05) is 41.9 Å². The van der Waals surface area contributed by atoms with Crippen LogP contribution in [0.3, 0.4) is 0 Å². The molecule has 3 aromatic rings. The van der Waals surface area contributed by atoms with Crippen molar-refractivity contribution in [2.45, 2.75) is 12.5 Å². The molecule has 0 aliphatic heterocycles. The fourth-order valence-corrected chi connectivity index (χ4v) is 2.69. The lowest BCUT2D eigenvalue weighted by molar-refractivity contribution is 0.594. The van der Waals surface area contributed by atoms with E-state index >= 15 is 0 Å². The number of rotatable bonds is 3. The topological polar surface area (TPSA) is 38.9 Å². The number of halogens is 2. The summed E-state index contributed by atoms with van der Waals surface area (Å²) < 4.78 is 14.0. The molecule has 0 aliphatic carbocycles. The van der Waals surface area contributed by atoms with Gasteiger partial charge in [0.15, 0.2) is 0 Å². The lowest BCUT2D eigenvalue weighted by Crippen LogP contribution is -2.15. The molecule has 0 saturated carbocycles. The zero-order valence-electron chi connectivity index (χ0n) is 11.3. The van der Waals surface area contributed by atoms with Gasteiger partial charge in [0.2, 0.25) is 0 Å². The highest BCUT2D eigenvalue weighted by Crippen LogP contribution is 2.26. The highest BCUT2D eigenvalue weighted by Gasteiger charge is 2.14. The first-order valence-corrected chi connectivity index (χ1v) is 7.06. The zero-order chi connectivity index (χ0) is 14.8. The SMILES string of the molecule is NC(Cc1cccc(Cl)c1F)c1ccnc2ccccc12. The normalized spacial score (nSPS) is 12.5. The Labute approximate surface area is 127 Å². The van der Waals surface area contributed by atoms with E-state index in [1.165, 1.54) is 6.07 Å². The Morgan fingerprint density at radius 2 is 1.90 bits per heavy atom. The van der Waals surface area contributed by atoms with Gasteiger partial charge in [-0.25, -0.2) is 4.39 Å². The number of para-hydroxylation sites is 1. The van der Waals surface area contributed by atoms with Gasteiger partial charge < -0.3 is 5.73 Å². The third-order valence-corrected chi connectivity index (χ3v) is 3.85. The molecule has 1 unspecified atom stereocenters. The van der Waals surface area contributed by atoms with E-state index in [0.717, 1.165) is 16.5 Å². The summed E-state index contributed by atoms with van der Waals surface area (Å²) in [4.78, 5) is 4.31. The first-order valence-electron chi connectivity index (χ1n) is 6.69. The highest BCUT2D eigenvalue weighted by molar-refractivity contribution is 6.30. The van der Waals surface area contributed by atoms with Crippen molar-refractivity contribution >= 4 is 22.5 Å². The summed E-state index contributed by atoms with van der Waals surface area (Å²) in [5.41, 5.74) is 8.64. The number of fused-ring (bicyclic) bond motifs is 1. The van der Waals surface area contributed by atoms with Crippen LogP contribution in [0.5, 0.6) is 0 Å². The van der Waals surface area contributed by atoms with Gasteiger partial charge in [-0.3, -0.25) is 4.98 Å². The number of nitrogens with zero attached hydrogens (tertiary/aromatic N) is 1. The minimum Gasteiger partial charge on any atom is -0.324 e. The van der Waals surface area contributed by atoms with Crippen LogP contribution in [0, 0.1) is 5.82 Å². The van der Waals surface area contributed by atoms with E-state index in [-0.39, 0.29) is 11.1 Å². The van der Waals surface area contributed by atoms with Gasteiger partial charge in [0, 0.05) is 17.6 Å². The van der Waals surface area contributed by atoms with E-state index in [4.69, 9.17) is 17.3 Å². The minimum atomic E-state index is -0.395. The average molecular weight is 301 g/mol. The summed E-state index contributed by atoms with van der Waals surface area (Å²) in [6.07, 6.45) is 2.12. The largest absolute Gasteiger partial charge is 0.324 e. The number of aromatic nitrogens is 1. The summed E-state index contributed by atoms with van der Waals surface area (Å²) in [6.45, 7) is 0. The van der Waals surface area contributed by atoms with Crippen molar-refractivity contribution in [3.05, 3.63) is 76.7 Å². The second-order valence-electron chi connectivity index (χ2n) is 4.94. The molecule has 106 valence electrons. The number of hydrogen-bond acceptors (Lipinski definition) is 2. The van der Waals surface area contributed by atoms with E-state index in [9.17, 15) is 4.39 Å². The van der Waals surface area contributed by atoms with E-state index in [1.54, 1.807) is 18.3 Å². The van der Waals surface area contributed by atoms with Gasteiger partial charge in [-0.2, -0.15) is 0 Å². The quantitative estimate of drug-likeness (QED) is 0.784. The molecule has 2 nitrogen and oxygen atoms in total. The van der Waals surface area contributed by atoms with Crippen LogP contribution < -0.4 is 5.73 Å². The predicted molar refractivity (Wildman–Crippen MR) is 83.8 cm³/mol. The predicted octanol–water partition coefficient (Wildman–Crippen LogP) is 4.27. The first kappa shape index (κ1) is 14.0. The zero-order valence-corrected chi connectivity index (χ0v) is 12.0. The number of nitrogens with two attached hydrogens (primary N) is 1. The second-order valence-corrected chi connectivity index (χ2v) is 5.35. The lowest BCUT2D eigenvalue weighted by atomic mass is 9.96. The summed E-state index contributed by atoms with van der Waals surface area (Å²) in [7, 11) is 0. The van der Waals surface area contributed by atoms with E-state index in [1.807, 2.05) is 30.3 Å². The van der Waals surface area contributed by atoms with Crippen LogP contribution in [0.15, 0.2) is 54.7 Å². The van der Waals surface area contributed by atoms with Crippen molar-refractivity contribution in [1.82, 2.24) is 4.98 Å². The smallest absolute Gasteiger partial charge is 0.145 e. The Hall–Kier alpha value is -1.97. The molecule has 1 aromatic heterocycles. The molecule has 0 bridgehead atoms. The number of pyridine rings is 1.